The smallest absolute Gasteiger partial charge is 0.243 e. The van der Waals surface area contributed by atoms with E-state index in [2.05, 4.69) is 5.32 Å². The molecule has 6 heteroatoms. The highest BCUT2D eigenvalue weighted by molar-refractivity contribution is 6.35. The highest BCUT2D eigenvalue weighted by Gasteiger charge is 2.28. The lowest BCUT2D eigenvalue weighted by atomic mass is 10.1. The van der Waals surface area contributed by atoms with Crippen LogP contribution in [0.3, 0.4) is 0 Å². The number of benzene rings is 1. The van der Waals surface area contributed by atoms with Crippen molar-refractivity contribution in [2.45, 2.75) is 65.6 Å². The predicted molar refractivity (Wildman–Crippen MR) is 99.3 cm³/mol. The van der Waals surface area contributed by atoms with Gasteiger partial charge in [0.1, 0.15) is 6.04 Å². The van der Waals surface area contributed by atoms with Crippen LogP contribution in [-0.4, -0.2) is 28.8 Å². The van der Waals surface area contributed by atoms with Gasteiger partial charge in [0.15, 0.2) is 0 Å². The lowest BCUT2D eigenvalue weighted by Gasteiger charge is -2.31. The van der Waals surface area contributed by atoms with E-state index in [-0.39, 0.29) is 24.4 Å². The summed E-state index contributed by atoms with van der Waals surface area (Å²) in [6.07, 6.45) is 1.71. The van der Waals surface area contributed by atoms with Gasteiger partial charge in [-0.05, 0) is 37.5 Å². The third-order valence-electron chi connectivity index (χ3n) is 4.05. The molecular weight excluding hydrogens is 347 g/mol. The van der Waals surface area contributed by atoms with Gasteiger partial charge < -0.3 is 10.2 Å². The molecule has 0 fully saturated rings. The third kappa shape index (κ3) is 5.67. The van der Waals surface area contributed by atoms with E-state index < -0.39 is 6.04 Å². The first-order chi connectivity index (χ1) is 11.3. The summed E-state index contributed by atoms with van der Waals surface area (Å²) in [5.74, 6) is -0.203. The third-order valence-corrected chi connectivity index (χ3v) is 4.63. The quantitative estimate of drug-likeness (QED) is 0.733. The van der Waals surface area contributed by atoms with Crippen LogP contribution >= 0.6 is 23.2 Å². The van der Waals surface area contributed by atoms with E-state index >= 15 is 0 Å². The Labute approximate surface area is 154 Å². The topological polar surface area (TPSA) is 49.4 Å². The first kappa shape index (κ1) is 20.8. The van der Waals surface area contributed by atoms with Crippen LogP contribution in [0.1, 0.15) is 52.5 Å². The van der Waals surface area contributed by atoms with Crippen molar-refractivity contribution in [3.05, 3.63) is 33.8 Å². The number of rotatable bonds is 8. The number of carbonyl (C=O) groups is 2. The Morgan fingerprint density at radius 2 is 1.83 bits per heavy atom. The van der Waals surface area contributed by atoms with Crippen LogP contribution in [-0.2, 0) is 16.1 Å². The molecule has 2 atom stereocenters. The van der Waals surface area contributed by atoms with Gasteiger partial charge in [0.05, 0.1) is 0 Å². The molecule has 0 unspecified atom stereocenters. The number of nitrogens with one attached hydrogen (secondary N) is 1. The Hall–Kier alpha value is -1.26. The van der Waals surface area contributed by atoms with Crippen LogP contribution in [0.25, 0.3) is 0 Å². The van der Waals surface area contributed by atoms with Crippen molar-refractivity contribution in [3.63, 3.8) is 0 Å². The van der Waals surface area contributed by atoms with Crippen LogP contribution in [0.15, 0.2) is 18.2 Å². The predicted octanol–water partition coefficient (Wildman–Crippen LogP) is 4.43. The Morgan fingerprint density at radius 1 is 1.17 bits per heavy atom. The van der Waals surface area contributed by atoms with Crippen LogP contribution in [0.5, 0.6) is 0 Å². The summed E-state index contributed by atoms with van der Waals surface area (Å²) >= 11 is 12.2. The van der Waals surface area contributed by atoms with Gasteiger partial charge in [-0.1, -0.05) is 50.0 Å². The molecule has 1 aromatic carbocycles. The van der Waals surface area contributed by atoms with Crippen LogP contribution in [0, 0.1) is 0 Å². The largest absolute Gasteiger partial charge is 0.352 e. The minimum atomic E-state index is -0.516. The van der Waals surface area contributed by atoms with Gasteiger partial charge in [0.25, 0.3) is 0 Å². The lowest BCUT2D eigenvalue weighted by Crippen LogP contribution is -2.50. The molecule has 0 radical (unpaired) electrons. The van der Waals surface area contributed by atoms with E-state index in [1.165, 1.54) is 0 Å². The maximum atomic E-state index is 12.6. The first-order valence-electron chi connectivity index (χ1n) is 8.37. The molecule has 1 aromatic rings. The standard InChI is InChI=1S/C18H26Cl2N2O2/c1-5-12(4)21-18(24)16(6-2)22(17(23)7-3)11-13-8-9-14(19)10-15(13)20/h8-10,12,16H,5-7,11H2,1-4H3,(H,21,24)/t12-,16+/m1/s1. The summed E-state index contributed by atoms with van der Waals surface area (Å²) in [5.41, 5.74) is 0.776. The number of amides is 2. The number of carbonyl (C=O) groups excluding carboxylic acids is 2. The van der Waals surface area contributed by atoms with Gasteiger partial charge in [-0.2, -0.15) is 0 Å². The second-order valence-electron chi connectivity index (χ2n) is 5.85. The number of halogens is 2. The molecule has 1 N–H and O–H groups in total. The Morgan fingerprint density at radius 3 is 2.33 bits per heavy atom. The lowest BCUT2D eigenvalue weighted by molar-refractivity contribution is -0.141. The molecule has 24 heavy (non-hydrogen) atoms. The van der Waals surface area contributed by atoms with Crippen molar-refractivity contribution < 1.29 is 9.59 Å². The maximum Gasteiger partial charge on any atom is 0.243 e. The SMILES string of the molecule is CCC(=O)N(Cc1ccc(Cl)cc1Cl)[C@@H](CC)C(=O)N[C@H](C)CC. The van der Waals surface area contributed by atoms with Gasteiger partial charge in [0.2, 0.25) is 11.8 Å². The van der Waals surface area contributed by atoms with Crippen molar-refractivity contribution in [1.29, 1.82) is 0 Å². The van der Waals surface area contributed by atoms with Crippen LogP contribution in [0.2, 0.25) is 10.0 Å². The number of nitrogens with zero attached hydrogens (tertiary/aromatic N) is 1. The second-order valence-corrected chi connectivity index (χ2v) is 6.70. The molecule has 0 saturated heterocycles. The molecule has 4 nitrogen and oxygen atoms in total. The molecule has 0 heterocycles. The fraction of sp³-hybridized carbons (Fsp3) is 0.556. The molecule has 0 spiro atoms. The van der Waals surface area contributed by atoms with Crippen molar-refractivity contribution in [1.82, 2.24) is 10.2 Å². The molecule has 1 rings (SSSR count). The van der Waals surface area contributed by atoms with Gasteiger partial charge in [-0.15, -0.1) is 0 Å². The van der Waals surface area contributed by atoms with E-state index in [4.69, 9.17) is 23.2 Å². The molecular formula is C18H26Cl2N2O2. The minimum Gasteiger partial charge on any atom is -0.352 e. The highest BCUT2D eigenvalue weighted by atomic mass is 35.5. The second kappa shape index (κ2) is 9.90. The summed E-state index contributed by atoms with van der Waals surface area (Å²) in [6, 6.07) is 4.73. The number of hydrogen-bond acceptors (Lipinski definition) is 2. The van der Waals surface area contributed by atoms with E-state index in [1.54, 1.807) is 30.0 Å². The summed E-state index contributed by atoms with van der Waals surface area (Å²) < 4.78 is 0. The molecule has 0 aliphatic heterocycles. The minimum absolute atomic E-state index is 0.0734. The van der Waals surface area contributed by atoms with E-state index in [0.717, 1.165) is 12.0 Å². The van der Waals surface area contributed by atoms with Crippen molar-refractivity contribution in [3.8, 4) is 0 Å². The Kier molecular flexibility index (Phi) is 8.57. The Bertz CT molecular complexity index is 578. The average Bonchev–Trinajstić information content (AvgIpc) is 2.55. The molecule has 0 aromatic heterocycles. The van der Waals surface area contributed by atoms with E-state index in [1.807, 2.05) is 20.8 Å². The van der Waals surface area contributed by atoms with Crippen molar-refractivity contribution in [2.24, 2.45) is 0 Å². The zero-order valence-corrected chi connectivity index (χ0v) is 16.2. The maximum absolute atomic E-state index is 12.6. The van der Waals surface area contributed by atoms with Gasteiger partial charge >= 0.3 is 0 Å². The summed E-state index contributed by atoms with van der Waals surface area (Å²) in [7, 11) is 0. The molecule has 0 saturated carbocycles. The van der Waals surface area contributed by atoms with E-state index in [0.29, 0.717) is 22.9 Å². The van der Waals surface area contributed by atoms with Gasteiger partial charge in [0, 0.05) is 29.1 Å². The van der Waals surface area contributed by atoms with Gasteiger partial charge in [-0.3, -0.25) is 9.59 Å². The Balaban J connectivity index is 3.05. The molecule has 2 amide bonds. The summed E-state index contributed by atoms with van der Waals surface area (Å²) in [5, 5.41) is 4.00. The van der Waals surface area contributed by atoms with Crippen LogP contribution in [0.4, 0.5) is 0 Å². The molecule has 0 bridgehead atoms. The summed E-state index contributed by atoms with van der Waals surface area (Å²) in [4.78, 5) is 26.6. The zero-order valence-electron chi connectivity index (χ0n) is 14.7. The normalized spacial score (nSPS) is 13.2. The number of hydrogen-bond donors (Lipinski definition) is 1. The van der Waals surface area contributed by atoms with E-state index in [9.17, 15) is 9.59 Å². The van der Waals surface area contributed by atoms with Crippen molar-refractivity contribution in [2.75, 3.05) is 0 Å². The van der Waals surface area contributed by atoms with Crippen molar-refractivity contribution >= 4 is 35.0 Å². The monoisotopic (exact) mass is 372 g/mol. The average molecular weight is 373 g/mol. The van der Waals surface area contributed by atoms with Gasteiger partial charge in [-0.25, -0.2) is 0 Å². The molecule has 0 aliphatic rings. The first-order valence-corrected chi connectivity index (χ1v) is 9.13. The molecule has 0 aliphatic carbocycles. The molecule has 134 valence electrons. The fourth-order valence-electron chi connectivity index (χ4n) is 2.40. The summed E-state index contributed by atoms with van der Waals surface area (Å²) in [6.45, 7) is 7.94. The van der Waals surface area contributed by atoms with Crippen LogP contribution < -0.4 is 5.32 Å². The highest BCUT2D eigenvalue weighted by Crippen LogP contribution is 2.24. The fourth-order valence-corrected chi connectivity index (χ4v) is 2.87. The zero-order chi connectivity index (χ0) is 18.3.